The van der Waals surface area contributed by atoms with Crippen LogP contribution in [0.15, 0.2) is 29.2 Å². The molecule has 34 heavy (non-hydrogen) atoms. The number of amides is 1. The summed E-state index contributed by atoms with van der Waals surface area (Å²) in [7, 11) is -2.09. The van der Waals surface area contributed by atoms with Gasteiger partial charge in [0.05, 0.1) is 16.5 Å². The number of hydrogen-bond acceptors (Lipinski definition) is 4. The van der Waals surface area contributed by atoms with E-state index in [-0.39, 0.29) is 41.3 Å². The van der Waals surface area contributed by atoms with E-state index >= 15 is 0 Å². The van der Waals surface area contributed by atoms with Gasteiger partial charge < -0.3 is 10.6 Å². The third-order valence-corrected chi connectivity index (χ3v) is 9.78. The van der Waals surface area contributed by atoms with Crippen molar-refractivity contribution in [2.75, 3.05) is 20.1 Å². The largest absolute Gasteiger partial charge is 0.416 e. The van der Waals surface area contributed by atoms with Crippen molar-refractivity contribution in [1.29, 1.82) is 0 Å². The Balaban J connectivity index is 1.38. The summed E-state index contributed by atoms with van der Waals surface area (Å²) >= 11 is 0. The van der Waals surface area contributed by atoms with Crippen molar-refractivity contribution in [3.05, 3.63) is 29.8 Å². The van der Waals surface area contributed by atoms with Gasteiger partial charge in [0, 0.05) is 19.1 Å². The van der Waals surface area contributed by atoms with Gasteiger partial charge in [0.2, 0.25) is 15.9 Å². The van der Waals surface area contributed by atoms with E-state index in [4.69, 9.17) is 0 Å². The van der Waals surface area contributed by atoms with Gasteiger partial charge in [-0.3, -0.25) is 4.79 Å². The van der Waals surface area contributed by atoms with Gasteiger partial charge in [0.15, 0.2) is 0 Å². The van der Waals surface area contributed by atoms with E-state index < -0.39 is 21.8 Å². The fraction of sp³-hybridized carbons (Fsp3) is 0.708. The monoisotopic (exact) mass is 501 g/mol. The molecule has 0 unspecified atom stereocenters. The van der Waals surface area contributed by atoms with Crippen molar-refractivity contribution in [1.82, 2.24) is 14.9 Å². The SMILES string of the molecule is CN[C@@H](CC1CCCCC1)C(=O)N[C@H]1CC[C@@H]2CN(S(=O)(=O)c3ccc(C(F)(F)F)cc3)C[C@@H]21. The van der Waals surface area contributed by atoms with Crippen LogP contribution in [0.25, 0.3) is 0 Å². The molecule has 1 aliphatic heterocycles. The first kappa shape index (κ1) is 25.4. The molecule has 3 aliphatic rings. The summed E-state index contributed by atoms with van der Waals surface area (Å²) in [4.78, 5) is 12.9. The molecule has 0 aromatic heterocycles. The number of benzene rings is 1. The lowest BCUT2D eigenvalue weighted by Crippen LogP contribution is -2.49. The number of nitrogens with one attached hydrogen (secondary N) is 2. The average molecular weight is 502 g/mol. The maximum atomic E-state index is 13.1. The van der Waals surface area contributed by atoms with Gasteiger partial charge in [-0.25, -0.2) is 8.42 Å². The maximum Gasteiger partial charge on any atom is 0.416 e. The van der Waals surface area contributed by atoms with E-state index in [0.717, 1.165) is 56.4 Å². The van der Waals surface area contributed by atoms with Crippen molar-refractivity contribution >= 4 is 15.9 Å². The minimum Gasteiger partial charge on any atom is -0.352 e. The second-order valence-corrected chi connectivity index (χ2v) is 12.0. The number of carbonyl (C=O) groups excluding carboxylic acids is 1. The molecule has 4 atom stereocenters. The smallest absolute Gasteiger partial charge is 0.352 e. The number of carbonyl (C=O) groups is 1. The zero-order chi connectivity index (χ0) is 24.5. The second kappa shape index (κ2) is 10.1. The van der Waals surface area contributed by atoms with Crippen molar-refractivity contribution in [2.45, 2.75) is 74.5 Å². The lowest BCUT2D eigenvalue weighted by molar-refractivity contribution is -0.137. The van der Waals surface area contributed by atoms with Crippen molar-refractivity contribution in [2.24, 2.45) is 17.8 Å². The van der Waals surface area contributed by atoms with Crippen LogP contribution in [-0.4, -0.2) is 50.9 Å². The van der Waals surface area contributed by atoms with Crippen molar-refractivity contribution in [3.63, 3.8) is 0 Å². The number of sulfonamides is 1. The van der Waals surface area contributed by atoms with Crippen LogP contribution in [0.3, 0.4) is 0 Å². The quantitative estimate of drug-likeness (QED) is 0.596. The number of halogens is 3. The third-order valence-electron chi connectivity index (χ3n) is 7.93. The van der Waals surface area contributed by atoms with Crippen LogP contribution in [0, 0.1) is 17.8 Å². The molecule has 10 heteroatoms. The Morgan fingerprint density at radius 1 is 1.06 bits per heavy atom. The summed E-state index contributed by atoms with van der Waals surface area (Å²) in [6.07, 6.45) is 3.97. The summed E-state index contributed by atoms with van der Waals surface area (Å²) in [6, 6.07) is 3.31. The molecule has 0 spiro atoms. The molecule has 2 saturated carbocycles. The van der Waals surface area contributed by atoms with E-state index in [1.165, 1.54) is 23.6 Å². The van der Waals surface area contributed by atoms with Crippen LogP contribution in [0.2, 0.25) is 0 Å². The molecule has 3 fully saturated rings. The highest BCUT2D eigenvalue weighted by atomic mass is 32.2. The van der Waals surface area contributed by atoms with Crippen LogP contribution >= 0.6 is 0 Å². The molecular weight excluding hydrogens is 467 g/mol. The third kappa shape index (κ3) is 5.44. The summed E-state index contributed by atoms with van der Waals surface area (Å²) in [5.41, 5.74) is -0.875. The minimum atomic E-state index is -4.51. The van der Waals surface area contributed by atoms with Crippen molar-refractivity contribution < 1.29 is 26.4 Å². The fourth-order valence-corrected chi connectivity index (χ4v) is 7.49. The van der Waals surface area contributed by atoms with Gasteiger partial charge in [-0.05, 0) is 68.3 Å². The molecule has 1 heterocycles. The molecule has 190 valence electrons. The number of hydrogen-bond donors (Lipinski definition) is 2. The molecule has 2 N–H and O–H groups in total. The van der Waals surface area contributed by atoms with E-state index in [1.807, 2.05) is 0 Å². The topological polar surface area (TPSA) is 78.5 Å². The zero-order valence-corrected chi connectivity index (χ0v) is 20.3. The van der Waals surface area contributed by atoms with Crippen LogP contribution in [0.1, 0.15) is 56.9 Å². The molecule has 1 aromatic rings. The summed E-state index contributed by atoms with van der Waals surface area (Å²) in [5.74, 6) is 0.688. The number of rotatable bonds is 7. The Hall–Kier alpha value is -1.65. The lowest BCUT2D eigenvalue weighted by Gasteiger charge is -2.28. The molecule has 0 bridgehead atoms. The normalized spacial score (nSPS) is 27.5. The van der Waals surface area contributed by atoms with Gasteiger partial charge in [-0.1, -0.05) is 32.1 Å². The number of likely N-dealkylation sites (N-methyl/N-ethyl adjacent to an activating group) is 1. The van der Waals surface area contributed by atoms with Crippen LogP contribution in [-0.2, 0) is 21.0 Å². The first-order valence-electron chi connectivity index (χ1n) is 12.2. The summed E-state index contributed by atoms with van der Waals surface area (Å²) < 4.78 is 66.0. The van der Waals surface area contributed by atoms with Gasteiger partial charge in [0.1, 0.15) is 0 Å². The Labute approximate surface area is 199 Å². The molecule has 1 amide bonds. The highest BCUT2D eigenvalue weighted by molar-refractivity contribution is 7.89. The van der Waals surface area contributed by atoms with Crippen molar-refractivity contribution in [3.8, 4) is 0 Å². The molecule has 2 aliphatic carbocycles. The van der Waals surface area contributed by atoms with Crippen LogP contribution in [0.4, 0.5) is 13.2 Å². The van der Waals surface area contributed by atoms with E-state index in [9.17, 15) is 26.4 Å². The molecule has 4 rings (SSSR count). The van der Waals surface area contributed by atoms with E-state index in [1.54, 1.807) is 7.05 Å². The van der Waals surface area contributed by atoms with Gasteiger partial charge in [0.25, 0.3) is 0 Å². The molecule has 1 saturated heterocycles. The Bertz CT molecular complexity index is 962. The molecule has 0 radical (unpaired) electrons. The number of fused-ring (bicyclic) bond motifs is 1. The molecular formula is C24H34F3N3O3S. The van der Waals surface area contributed by atoms with Gasteiger partial charge >= 0.3 is 6.18 Å². The minimum absolute atomic E-state index is 0.0142. The van der Waals surface area contributed by atoms with Gasteiger partial charge in [-0.15, -0.1) is 0 Å². The lowest BCUT2D eigenvalue weighted by atomic mass is 9.84. The number of nitrogens with zero attached hydrogens (tertiary/aromatic N) is 1. The Morgan fingerprint density at radius 2 is 1.74 bits per heavy atom. The highest BCUT2D eigenvalue weighted by Crippen LogP contribution is 2.40. The van der Waals surface area contributed by atoms with Gasteiger partial charge in [-0.2, -0.15) is 17.5 Å². The Morgan fingerprint density at radius 3 is 2.35 bits per heavy atom. The summed E-state index contributed by atoms with van der Waals surface area (Å²) in [5, 5.41) is 6.33. The first-order chi connectivity index (χ1) is 16.1. The predicted molar refractivity (Wildman–Crippen MR) is 122 cm³/mol. The average Bonchev–Trinajstić information content (AvgIpc) is 3.40. The molecule has 1 aromatic carbocycles. The first-order valence-corrected chi connectivity index (χ1v) is 13.7. The molecule has 6 nitrogen and oxygen atoms in total. The van der Waals surface area contributed by atoms with E-state index in [0.29, 0.717) is 12.5 Å². The fourth-order valence-electron chi connectivity index (χ4n) is 5.96. The van der Waals surface area contributed by atoms with Crippen LogP contribution in [0.5, 0.6) is 0 Å². The van der Waals surface area contributed by atoms with E-state index in [2.05, 4.69) is 10.6 Å². The standard InChI is InChI=1S/C24H34F3N3O3S/c1-28-22(13-16-5-3-2-4-6-16)23(31)29-21-12-7-17-14-30(15-20(17)21)34(32,33)19-10-8-18(9-11-19)24(25,26)27/h8-11,16-17,20-22,28H,2-7,12-15H2,1H3,(H,29,31)/t17-,20+,21+,22+/m1/s1. The second-order valence-electron chi connectivity index (χ2n) is 10.0. The highest BCUT2D eigenvalue weighted by Gasteiger charge is 2.47. The zero-order valence-electron chi connectivity index (χ0n) is 19.5. The predicted octanol–water partition coefficient (Wildman–Crippen LogP) is 3.78. The Kier molecular flexibility index (Phi) is 7.59. The van der Waals surface area contributed by atoms with Crippen LogP contribution < -0.4 is 10.6 Å². The number of alkyl halides is 3. The summed E-state index contributed by atoms with van der Waals surface area (Å²) in [6.45, 7) is 0.601. The maximum absolute atomic E-state index is 13.1.